The summed E-state index contributed by atoms with van der Waals surface area (Å²) in [6, 6.07) is 1.75. The molecule has 0 bridgehead atoms. The molecule has 0 aliphatic rings. The Labute approximate surface area is 83.7 Å². The molecule has 0 aliphatic heterocycles. The zero-order valence-corrected chi connectivity index (χ0v) is 8.45. The SMILES string of the molecule is CC/C=C/C(=O)c1cc(C)cnc1N. The van der Waals surface area contributed by atoms with Crippen LogP contribution in [0, 0.1) is 6.92 Å². The van der Waals surface area contributed by atoms with Crippen molar-refractivity contribution in [2.75, 3.05) is 5.73 Å². The van der Waals surface area contributed by atoms with E-state index in [4.69, 9.17) is 5.73 Å². The first-order chi connectivity index (χ1) is 6.65. The van der Waals surface area contributed by atoms with Gasteiger partial charge in [-0.05, 0) is 31.1 Å². The van der Waals surface area contributed by atoms with Crippen LogP contribution in [-0.4, -0.2) is 10.8 Å². The average molecular weight is 190 g/mol. The quantitative estimate of drug-likeness (QED) is 0.586. The Kier molecular flexibility index (Phi) is 3.40. The van der Waals surface area contributed by atoms with Gasteiger partial charge in [-0.1, -0.05) is 13.0 Å². The van der Waals surface area contributed by atoms with E-state index < -0.39 is 0 Å². The Morgan fingerprint density at radius 1 is 1.64 bits per heavy atom. The van der Waals surface area contributed by atoms with Crippen molar-refractivity contribution in [3.63, 3.8) is 0 Å². The van der Waals surface area contributed by atoms with Gasteiger partial charge < -0.3 is 5.73 Å². The molecule has 0 unspecified atom stereocenters. The molecule has 0 fully saturated rings. The fourth-order valence-electron chi connectivity index (χ4n) is 1.09. The molecule has 0 amide bonds. The Morgan fingerprint density at radius 3 is 3.00 bits per heavy atom. The number of anilines is 1. The second kappa shape index (κ2) is 4.56. The molecule has 0 aromatic carbocycles. The van der Waals surface area contributed by atoms with Crippen molar-refractivity contribution in [2.45, 2.75) is 20.3 Å². The lowest BCUT2D eigenvalue weighted by molar-refractivity contribution is 0.104. The van der Waals surface area contributed by atoms with Gasteiger partial charge in [0.1, 0.15) is 5.82 Å². The summed E-state index contributed by atoms with van der Waals surface area (Å²) in [4.78, 5) is 15.5. The van der Waals surface area contributed by atoms with Crippen LogP contribution in [-0.2, 0) is 0 Å². The first kappa shape index (κ1) is 10.4. The molecule has 1 aromatic rings. The van der Waals surface area contributed by atoms with Gasteiger partial charge in [0.05, 0.1) is 5.56 Å². The van der Waals surface area contributed by atoms with E-state index in [2.05, 4.69) is 4.98 Å². The molecule has 0 aliphatic carbocycles. The number of hydrogen-bond acceptors (Lipinski definition) is 3. The smallest absolute Gasteiger partial charge is 0.189 e. The third kappa shape index (κ3) is 2.42. The molecule has 0 spiro atoms. The second-order valence-electron chi connectivity index (χ2n) is 3.12. The molecular weight excluding hydrogens is 176 g/mol. The molecule has 0 atom stereocenters. The van der Waals surface area contributed by atoms with Crippen molar-refractivity contribution in [3.05, 3.63) is 35.5 Å². The Hall–Kier alpha value is -1.64. The summed E-state index contributed by atoms with van der Waals surface area (Å²) in [5.74, 6) is 0.210. The van der Waals surface area contributed by atoms with Crippen LogP contribution in [0.5, 0.6) is 0 Å². The fourth-order valence-corrected chi connectivity index (χ4v) is 1.09. The molecular formula is C11H14N2O. The van der Waals surface area contributed by atoms with Crippen LogP contribution in [0.15, 0.2) is 24.4 Å². The molecule has 3 nitrogen and oxygen atoms in total. The van der Waals surface area contributed by atoms with E-state index >= 15 is 0 Å². The molecule has 1 aromatic heterocycles. The van der Waals surface area contributed by atoms with Crippen molar-refractivity contribution >= 4 is 11.6 Å². The van der Waals surface area contributed by atoms with Crippen LogP contribution < -0.4 is 5.73 Å². The highest BCUT2D eigenvalue weighted by Gasteiger charge is 2.07. The van der Waals surface area contributed by atoms with Gasteiger partial charge in [0.2, 0.25) is 0 Å². The summed E-state index contributed by atoms with van der Waals surface area (Å²) in [6.45, 7) is 3.86. The highest BCUT2D eigenvalue weighted by molar-refractivity contribution is 6.07. The van der Waals surface area contributed by atoms with Crippen LogP contribution in [0.2, 0.25) is 0 Å². The topological polar surface area (TPSA) is 56.0 Å². The number of ketones is 1. The minimum atomic E-state index is -0.0828. The third-order valence-corrected chi connectivity index (χ3v) is 1.83. The highest BCUT2D eigenvalue weighted by atomic mass is 16.1. The maximum Gasteiger partial charge on any atom is 0.189 e. The van der Waals surface area contributed by atoms with Crippen LogP contribution >= 0.6 is 0 Å². The molecule has 0 saturated heterocycles. The minimum absolute atomic E-state index is 0.0828. The van der Waals surface area contributed by atoms with Crippen LogP contribution in [0.3, 0.4) is 0 Å². The van der Waals surface area contributed by atoms with Gasteiger partial charge in [0.15, 0.2) is 5.78 Å². The number of aryl methyl sites for hydroxylation is 1. The van der Waals surface area contributed by atoms with E-state index in [9.17, 15) is 4.79 Å². The maximum absolute atomic E-state index is 11.6. The van der Waals surface area contributed by atoms with Gasteiger partial charge in [-0.3, -0.25) is 4.79 Å². The molecule has 74 valence electrons. The van der Waals surface area contributed by atoms with Gasteiger partial charge in [-0.25, -0.2) is 4.98 Å². The third-order valence-electron chi connectivity index (χ3n) is 1.83. The van der Waals surface area contributed by atoms with Gasteiger partial charge in [-0.2, -0.15) is 0 Å². The van der Waals surface area contributed by atoms with E-state index in [1.807, 2.05) is 19.9 Å². The lowest BCUT2D eigenvalue weighted by atomic mass is 10.1. The molecule has 0 radical (unpaired) electrons. The van der Waals surface area contributed by atoms with Crippen molar-refractivity contribution in [1.29, 1.82) is 0 Å². The Bertz CT molecular complexity index is 370. The van der Waals surface area contributed by atoms with Crippen molar-refractivity contribution in [2.24, 2.45) is 0 Å². The summed E-state index contributed by atoms with van der Waals surface area (Å²) in [5.41, 5.74) is 7.01. The summed E-state index contributed by atoms with van der Waals surface area (Å²) >= 11 is 0. The number of nitrogens with zero attached hydrogens (tertiary/aromatic N) is 1. The Balaban J connectivity index is 3.00. The highest BCUT2D eigenvalue weighted by Crippen LogP contribution is 2.11. The molecule has 1 heterocycles. The average Bonchev–Trinajstić information content (AvgIpc) is 2.18. The lowest BCUT2D eigenvalue weighted by Gasteiger charge is -2.01. The normalized spacial score (nSPS) is 10.7. The van der Waals surface area contributed by atoms with E-state index in [1.165, 1.54) is 6.08 Å². The number of carbonyl (C=O) groups is 1. The zero-order valence-electron chi connectivity index (χ0n) is 8.45. The van der Waals surface area contributed by atoms with E-state index in [1.54, 1.807) is 12.3 Å². The van der Waals surface area contributed by atoms with Crippen LogP contribution in [0.4, 0.5) is 5.82 Å². The predicted molar refractivity (Wildman–Crippen MR) is 57.1 cm³/mol. The summed E-state index contributed by atoms with van der Waals surface area (Å²) < 4.78 is 0. The van der Waals surface area contributed by atoms with E-state index in [0.29, 0.717) is 11.4 Å². The first-order valence-corrected chi connectivity index (χ1v) is 4.58. The predicted octanol–water partition coefficient (Wildman–Crippen LogP) is 2.12. The number of nitrogens with two attached hydrogens (primary N) is 1. The van der Waals surface area contributed by atoms with Crippen LogP contribution in [0.1, 0.15) is 29.3 Å². The summed E-state index contributed by atoms with van der Waals surface area (Å²) in [5, 5.41) is 0. The number of pyridine rings is 1. The van der Waals surface area contributed by atoms with Crippen molar-refractivity contribution in [1.82, 2.24) is 4.98 Å². The van der Waals surface area contributed by atoms with Gasteiger partial charge in [-0.15, -0.1) is 0 Å². The van der Waals surface area contributed by atoms with Crippen LogP contribution in [0.25, 0.3) is 0 Å². The molecule has 2 N–H and O–H groups in total. The second-order valence-corrected chi connectivity index (χ2v) is 3.12. The molecule has 1 rings (SSSR count). The minimum Gasteiger partial charge on any atom is -0.383 e. The summed E-state index contributed by atoms with van der Waals surface area (Å²) in [7, 11) is 0. The van der Waals surface area contributed by atoms with E-state index in [-0.39, 0.29) is 5.78 Å². The summed E-state index contributed by atoms with van der Waals surface area (Å²) in [6.07, 6.45) is 5.83. The Morgan fingerprint density at radius 2 is 2.36 bits per heavy atom. The van der Waals surface area contributed by atoms with Gasteiger partial charge in [0.25, 0.3) is 0 Å². The van der Waals surface area contributed by atoms with Gasteiger partial charge in [0, 0.05) is 6.20 Å². The maximum atomic E-state index is 11.6. The molecule has 14 heavy (non-hydrogen) atoms. The number of allylic oxidation sites excluding steroid dienone is 2. The van der Waals surface area contributed by atoms with Crippen molar-refractivity contribution in [3.8, 4) is 0 Å². The van der Waals surface area contributed by atoms with Crippen molar-refractivity contribution < 1.29 is 4.79 Å². The lowest BCUT2D eigenvalue weighted by Crippen LogP contribution is -2.03. The first-order valence-electron chi connectivity index (χ1n) is 4.58. The fraction of sp³-hybridized carbons (Fsp3) is 0.273. The standard InChI is InChI=1S/C11H14N2O/c1-3-4-5-10(14)9-6-8(2)7-13-11(9)12/h4-7H,3H2,1-2H3,(H2,12,13)/b5-4+. The van der Waals surface area contributed by atoms with Gasteiger partial charge >= 0.3 is 0 Å². The molecule has 3 heteroatoms. The number of carbonyl (C=O) groups excluding carboxylic acids is 1. The largest absolute Gasteiger partial charge is 0.383 e. The number of nitrogen functional groups attached to an aromatic ring is 1. The number of aromatic nitrogens is 1. The molecule has 0 saturated carbocycles. The monoisotopic (exact) mass is 190 g/mol. The van der Waals surface area contributed by atoms with E-state index in [0.717, 1.165) is 12.0 Å². The number of rotatable bonds is 3. The zero-order chi connectivity index (χ0) is 10.6. The number of hydrogen-bond donors (Lipinski definition) is 1.